The maximum Gasteiger partial charge on any atom is 0.255 e. The normalized spacial score (nSPS) is 18.5. The van der Waals surface area contributed by atoms with E-state index in [-0.39, 0.29) is 23.2 Å². The quantitative estimate of drug-likeness (QED) is 0.340. The predicted octanol–water partition coefficient (Wildman–Crippen LogP) is 8.03. The Morgan fingerprint density at radius 3 is 2.65 bits per heavy atom. The maximum absolute atomic E-state index is 13.7. The Labute approximate surface area is 239 Å². The summed E-state index contributed by atoms with van der Waals surface area (Å²) in [6, 6.07) is 9.71. The molecule has 3 heterocycles. The number of aromatic hydroxyl groups is 1. The van der Waals surface area contributed by atoms with Gasteiger partial charge in [0.2, 0.25) is 0 Å². The number of hydrogen-bond acceptors (Lipinski definition) is 6. The summed E-state index contributed by atoms with van der Waals surface area (Å²) in [5.74, 6) is 1.76. The van der Waals surface area contributed by atoms with Crippen LogP contribution in [0.4, 0.5) is 5.69 Å². The average Bonchev–Trinajstić information content (AvgIpc) is 3.40. The third kappa shape index (κ3) is 4.46. The van der Waals surface area contributed by atoms with Gasteiger partial charge < -0.3 is 24.8 Å². The molecule has 1 aliphatic carbocycles. The van der Waals surface area contributed by atoms with Crippen LogP contribution < -0.4 is 14.8 Å². The van der Waals surface area contributed by atoms with Gasteiger partial charge in [0.05, 0.1) is 23.8 Å². The number of carbonyl (C=O) groups excluding carboxylic acids is 1. The first-order valence-corrected chi connectivity index (χ1v) is 14.9. The summed E-state index contributed by atoms with van der Waals surface area (Å²) in [5, 5.41) is 16.2. The number of anilines is 1. The van der Waals surface area contributed by atoms with E-state index >= 15 is 0 Å². The SMILES string of the molecule is COc1c(O)ccc2c1-c1ccc3c(c1C(=Cc1sccc1C(=O)N(C)C1CCCCC1)O2)C(C)=CC(C)(C)N3. The molecule has 1 aromatic heterocycles. The molecule has 0 spiro atoms. The molecule has 6 nitrogen and oxygen atoms in total. The first-order chi connectivity index (χ1) is 19.2. The van der Waals surface area contributed by atoms with Crippen LogP contribution in [0.5, 0.6) is 17.2 Å². The summed E-state index contributed by atoms with van der Waals surface area (Å²) in [4.78, 5) is 16.5. The molecule has 7 heteroatoms. The molecule has 1 amide bonds. The van der Waals surface area contributed by atoms with Gasteiger partial charge in [-0.05, 0) is 74.9 Å². The van der Waals surface area contributed by atoms with Crippen LogP contribution in [0.15, 0.2) is 41.8 Å². The van der Waals surface area contributed by atoms with Crippen molar-refractivity contribution in [1.82, 2.24) is 4.90 Å². The van der Waals surface area contributed by atoms with Crippen molar-refractivity contribution in [3.05, 3.63) is 63.4 Å². The average molecular weight is 557 g/mol. The number of allylic oxidation sites excluding steroid dienone is 1. The van der Waals surface area contributed by atoms with Crippen LogP contribution in [0, 0.1) is 0 Å². The van der Waals surface area contributed by atoms with Gasteiger partial charge in [-0.15, -0.1) is 11.3 Å². The molecule has 2 aliphatic heterocycles. The second kappa shape index (κ2) is 10.0. The lowest BCUT2D eigenvalue weighted by atomic mass is 9.83. The minimum absolute atomic E-state index is 0.0533. The van der Waals surface area contributed by atoms with Crippen molar-refractivity contribution in [3.63, 3.8) is 0 Å². The van der Waals surface area contributed by atoms with Crippen molar-refractivity contribution < 1.29 is 19.4 Å². The second-order valence-corrected chi connectivity index (χ2v) is 12.5. The highest BCUT2D eigenvalue weighted by Gasteiger charge is 2.34. The van der Waals surface area contributed by atoms with Crippen molar-refractivity contribution in [2.24, 2.45) is 0 Å². The molecule has 0 atom stereocenters. The number of phenolic OH excluding ortho intramolecular Hbond substituents is 1. The Morgan fingerprint density at radius 2 is 1.90 bits per heavy atom. The van der Waals surface area contributed by atoms with E-state index in [9.17, 15) is 9.90 Å². The highest BCUT2D eigenvalue weighted by molar-refractivity contribution is 7.11. The fourth-order valence-corrected chi connectivity index (χ4v) is 7.31. The van der Waals surface area contributed by atoms with Gasteiger partial charge in [-0.2, -0.15) is 0 Å². The molecule has 0 saturated heterocycles. The van der Waals surface area contributed by atoms with Crippen LogP contribution in [0.3, 0.4) is 0 Å². The van der Waals surface area contributed by atoms with Crippen molar-refractivity contribution in [3.8, 4) is 28.4 Å². The molecule has 6 rings (SSSR count). The Balaban J connectivity index is 1.51. The van der Waals surface area contributed by atoms with Crippen LogP contribution >= 0.6 is 11.3 Å². The zero-order chi connectivity index (χ0) is 28.2. The van der Waals surface area contributed by atoms with E-state index in [4.69, 9.17) is 9.47 Å². The number of amides is 1. The van der Waals surface area contributed by atoms with Crippen LogP contribution in [0.2, 0.25) is 0 Å². The lowest BCUT2D eigenvalue weighted by Crippen LogP contribution is -2.38. The minimum Gasteiger partial charge on any atom is -0.504 e. The third-order valence-electron chi connectivity index (χ3n) is 8.30. The summed E-state index contributed by atoms with van der Waals surface area (Å²) in [6.45, 7) is 6.41. The highest BCUT2D eigenvalue weighted by atomic mass is 32.1. The monoisotopic (exact) mass is 556 g/mol. The number of rotatable bonds is 4. The number of ether oxygens (including phenoxy) is 2. The number of nitrogens with one attached hydrogen (secondary N) is 1. The van der Waals surface area contributed by atoms with Crippen LogP contribution in [-0.4, -0.2) is 41.7 Å². The van der Waals surface area contributed by atoms with Gasteiger partial charge in [0.25, 0.3) is 5.91 Å². The Hall–Kier alpha value is -3.71. The zero-order valence-corrected chi connectivity index (χ0v) is 24.6. The maximum atomic E-state index is 13.7. The summed E-state index contributed by atoms with van der Waals surface area (Å²) in [7, 11) is 3.49. The molecule has 3 aliphatic rings. The Morgan fingerprint density at radius 1 is 1.12 bits per heavy atom. The molecule has 3 aromatic rings. The molecule has 0 radical (unpaired) electrons. The molecule has 0 bridgehead atoms. The first kappa shape index (κ1) is 26.5. The molecule has 208 valence electrons. The number of nitrogens with zero attached hydrogens (tertiary/aromatic N) is 1. The van der Waals surface area contributed by atoms with Crippen molar-refractivity contribution in [2.75, 3.05) is 19.5 Å². The molecule has 40 heavy (non-hydrogen) atoms. The molecule has 2 N–H and O–H groups in total. The largest absolute Gasteiger partial charge is 0.504 e. The standard InChI is InChI=1S/C33H36N2O4S/c1-19-18-33(2,3)34-23-12-11-22-29(28(19)23)26(39-25-14-13-24(36)31(38-5)30(22)25)17-27-21(15-16-40-27)32(37)35(4)20-9-7-6-8-10-20/h11-18,20,34,36H,6-10H2,1-5H3. The molecular formula is C33H36N2O4S. The fourth-order valence-electron chi connectivity index (χ4n) is 6.50. The van der Waals surface area contributed by atoms with E-state index in [1.165, 1.54) is 19.3 Å². The number of thiophene rings is 1. The van der Waals surface area contributed by atoms with Crippen molar-refractivity contribution >= 4 is 40.3 Å². The topological polar surface area (TPSA) is 71.0 Å². The number of carbonyl (C=O) groups is 1. The van der Waals surface area contributed by atoms with Gasteiger partial charge in [0.15, 0.2) is 11.5 Å². The van der Waals surface area contributed by atoms with E-state index < -0.39 is 0 Å². The van der Waals surface area contributed by atoms with Crippen molar-refractivity contribution in [1.29, 1.82) is 0 Å². The van der Waals surface area contributed by atoms with E-state index in [2.05, 4.69) is 44.3 Å². The number of hydrogen-bond donors (Lipinski definition) is 2. The van der Waals surface area contributed by atoms with E-state index in [0.29, 0.717) is 22.8 Å². The number of benzene rings is 2. The van der Waals surface area contributed by atoms with E-state index in [1.54, 1.807) is 30.6 Å². The molecule has 0 unspecified atom stereocenters. The van der Waals surface area contributed by atoms with Crippen LogP contribution in [0.1, 0.15) is 79.2 Å². The smallest absolute Gasteiger partial charge is 0.255 e. The van der Waals surface area contributed by atoms with Gasteiger partial charge in [-0.25, -0.2) is 0 Å². The highest BCUT2D eigenvalue weighted by Crippen LogP contribution is 2.54. The van der Waals surface area contributed by atoms with E-state index in [1.807, 2.05) is 29.5 Å². The Kier molecular flexibility index (Phi) is 6.65. The minimum atomic E-state index is -0.199. The van der Waals surface area contributed by atoms with Crippen LogP contribution in [0.25, 0.3) is 28.5 Å². The fraction of sp³-hybridized carbons (Fsp3) is 0.364. The lowest BCUT2D eigenvalue weighted by molar-refractivity contribution is 0.0696. The Bertz CT molecular complexity index is 1560. The molecule has 1 fully saturated rings. The summed E-state index contributed by atoms with van der Waals surface area (Å²) in [5.41, 5.74) is 6.23. The van der Waals surface area contributed by atoms with Gasteiger partial charge in [0.1, 0.15) is 11.5 Å². The number of methoxy groups -OCH3 is 1. The lowest BCUT2D eigenvalue weighted by Gasteiger charge is -2.35. The molecule has 2 aromatic carbocycles. The van der Waals surface area contributed by atoms with Gasteiger partial charge >= 0.3 is 0 Å². The van der Waals surface area contributed by atoms with Crippen molar-refractivity contribution in [2.45, 2.75) is 64.5 Å². The third-order valence-corrected chi connectivity index (χ3v) is 9.17. The van der Waals surface area contributed by atoms with E-state index in [0.717, 1.165) is 51.2 Å². The van der Waals surface area contributed by atoms with Gasteiger partial charge in [0, 0.05) is 40.3 Å². The number of fused-ring (bicyclic) bond motifs is 5. The summed E-state index contributed by atoms with van der Waals surface area (Å²) >= 11 is 1.54. The van der Waals surface area contributed by atoms with Gasteiger partial charge in [-0.3, -0.25) is 4.79 Å². The summed E-state index contributed by atoms with van der Waals surface area (Å²) in [6.07, 6.45) is 9.95. The summed E-state index contributed by atoms with van der Waals surface area (Å²) < 4.78 is 12.3. The molecule has 1 saturated carbocycles. The number of phenols is 1. The van der Waals surface area contributed by atoms with Gasteiger partial charge in [-0.1, -0.05) is 31.4 Å². The van der Waals surface area contributed by atoms with Crippen LogP contribution in [-0.2, 0) is 0 Å². The predicted molar refractivity (Wildman–Crippen MR) is 163 cm³/mol. The zero-order valence-electron chi connectivity index (χ0n) is 23.8. The second-order valence-electron chi connectivity index (χ2n) is 11.6. The molecular weight excluding hydrogens is 520 g/mol. The first-order valence-electron chi connectivity index (χ1n) is 14.0.